The number of likely N-dealkylation sites (tertiary alicyclic amines) is 1. The summed E-state index contributed by atoms with van der Waals surface area (Å²) in [5.74, 6) is -0.485. The number of carboxylic acid groups (broad SMARTS) is 1. The number of methoxy groups -OCH3 is 1. The quantitative estimate of drug-likeness (QED) is 0.116. The molecule has 13 heteroatoms. The lowest BCUT2D eigenvalue weighted by molar-refractivity contribution is -0.143. The number of halogens is 3. The van der Waals surface area contributed by atoms with Gasteiger partial charge in [0.05, 0.1) is 45.5 Å². The average Bonchev–Trinajstić information content (AvgIpc) is 3.74. The molecule has 2 atom stereocenters. The van der Waals surface area contributed by atoms with Gasteiger partial charge in [0.25, 0.3) is 0 Å². The molecule has 9 nitrogen and oxygen atoms in total. The predicted octanol–water partition coefficient (Wildman–Crippen LogP) is 8.25. The molecule has 2 fully saturated rings. The summed E-state index contributed by atoms with van der Waals surface area (Å²) < 4.78 is 6.65. The highest BCUT2D eigenvalue weighted by Gasteiger charge is 2.26. The Bertz CT molecular complexity index is 2140. The number of aliphatic carboxylic acids is 1. The molecule has 52 heavy (non-hydrogen) atoms. The van der Waals surface area contributed by atoms with Crippen LogP contribution in [0, 0.1) is 5.92 Å². The van der Waals surface area contributed by atoms with Crippen LogP contribution >= 0.6 is 46.1 Å². The second kappa shape index (κ2) is 16.1. The van der Waals surface area contributed by atoms with Crippen molar-refractivity contribution in [3.63, 3.8) is 0 Å². The van der Waals surface area contributed by atoms with Crippen LogP contribution in [0.2, 0.25) is 15.1 Å². The van der Waals surface area contributed by atoms with Gasteiger partial charge in [0.1, 0.15) is 5.01 Å². The topological polar surface area (TPSA) is 117 Å². The van der Waals surface area contributed by atoms with Crippen LogP contribution in [0.4, 0.5) is 0 Å². The number of piperidine rings is 1. The molecular formula is C39H38Cl3N5O4S. The third kappa shape index (κ3) is 8.07. The second-order valence-corrected chi connectivity index (χ2v) is 15.7. The summed E-state index contributed by atoms with van der Waals surface area (Å²) in [6, 6.07) is 19.7. The van der Waals surface area contributed by atoms with Gasteiger partial charge in [-0.15, -0.1) is 11.3 Å². The summed E-state index contributed by atoms with van der Waals surface area (Å²) in [4.78, 5) is 35.1. The van der Waals surface area contributed by atoms with Crippen LogP contribution < -0.4 is 15.4 Å². The van der Waals surface area contributed by atoms with Gasteiger partial charge in [-0.3, -0.25) is 14.5 Å². The third-order valence-corrected chi connectivity index (χ3v) is 11.8. The summed E-state index contributed by atoms with van der Waals surface area (Å²) in [5, 5.41) is 18.6. The largest absolute Gasteiger partial charge is 0.481 e. The molecule has 2 saturated heterocycles. The Kier molecular flexibility index (Phi) is 11.3. The Balaban J connectivity index is 1.11. The molecule has 0 radical (unpaired) electrons. The Hall–Kier alpha value is -3.77. The molecule has 2 aliphatic rings. The first-order valence-corrected chi connectivity index (χ1v) is 19.3. The molecule has 2 aromatic heterocycles. The average molecular weight is 779 g/mol. The zero-order chi connectivity index (χ0) is 36.4. The third-order valence-electron chi connectivity index (χ3n) is 9.74. The predicted molar refractivity (Wildman–Crippen MR) is 208 cm³/mol. The number of benzene rings is 3. The Morgan fingerprint density at radius 2 is 1.79 bits per heavy atom. The highest BCUT2D eigenvalue weighted by Crippen LogP contribution is 2.41. The van der Waals surface area contributed by atoms with E-state index in [0.29, 0.717) is 72.1 Å². The van der Waals surface area contributed by atoms with Crippen LogP contribution in [0.15, 0.2) is 60.7 Å². The lowest BCUT2D eigenvalue weighted by Crippen LogP contribution is -2.38. The van der Waals surface area contributed by atoms with Gasteiger partial charge in [0.15, 0.2) is 0 Å². The maximum atomic E-state index is 11.6. The first-order chi connectivity index (χ1) is 25.2. The number of ether oxygens (including phenoxy) is 1. The van der Waals surface area contributed by atoms with E-state index in [1.807, 2.05) is 60.7 Å². The Morgan fingerprint density at radius 3 is 2.56 bits per heavy atom. The molecule has 0 saturated carbocycles. The summed E-state index contributed by atoms with van der Waals surface area (Å²) in [7, 11) is 1.60. The van der Waals surface area contributed by atoms with Crippen LogP contribution in [0.5, 0.6) is 5.88 Å². The van der Waals surface area contributed by atoms with E-state index in [-0.39, 0.29) is 17.9 Å². The van der Waals surface area contributed by atoms with Gasteiger partial charge in [0.2, 0.25) is 11.8 Å². The van der Waals surface area contributed by atoms with Gasteiger partial charge >= 0.3 is 5.97 Å². The maximum Gasteiger partial charge on any atom is 0.307 e. The van der Waals surface area contributed by atoms with Crippen molar-refractivity contribution >= 4 is 68.2 Å². The van der Waals surface area contributed by atoms with E-state index in [1.165, 1.54) is 0 Å². The lowest BCUT2D eigenvalue weighted by atomic mass is 9.96. The van der Waals surface area contributed by atoms with Crippen molar-refractivity contribution in [2.24, 2.45) is 5.92 Å². The molecule has 270 valence electrons. The number of carbonyl (C=O) groups is 2. The number of nitrogens with zero attached hydrogens (tertiary/aromatic N) is 3. The van der Waals surface area contributed by atoms with Gasteiger partial charge in [-0.05, 0) is 55.1 Å². The first kappa shape index (κ1) is 36.6. The number of aromatic nitrogens is 2. The standard InChI is InChI=1S/C39H38Cl3N5O4S/c1-51-38-23(18-43-19-27-11-13-33(48)44-27)10-12-31(45-38)30-9-3-8-29(36(30)42)28-7-2-5-22(35(28)41)15-25-16-26(40)17-32-37(25)46-34(52-32)21-47-14-4-6-24(20-47)39(49)50/h2-3,5,7-10,12,16-17,24,27,43H,4,6,11,13-15,18-21H2,1H3,(H,44,48)(H,49,50)/t24-,27-/m0/s1. The molecule has 3 N–H and O–H groups in total. The normalized spacial score (nSPS) is 17.8. The number of rotatable bonds is 12. The smallest absolute Gasteiger partial charge is 0.307 e. The number of amides is 1. The van der Waals surface area contributed by atoms with Crippen molar-refractivity contribution < 1.29 is 19.4 Å². The molecule has 1 amide bonds. The number of hydrogen-bond donors (Lipinski definition) is 3. The first-order valence-electron chi connectivity index (χ1n) is 17.3. The monoisotopic (exact) mass is 777 g/mol. The zero-order valence-electron chi connectivity index (χ0n) is 28.6. The van der Waals surface area contributed by atoms with Gasteiger partial charge < -0.3 is 20.5 Å². The molecule has 0 unspecified atom stereocenters. The molecule has 3 aromatic carbocycles. The minimum Gasteiger partial charge on any atom is -0.481 e. The fourth-order valence-corrected chi connectivity index (χ4v) is 9.13. The Labute approximate surface area is 321 Å². The van der Waals surface area contributed by atoms with Crippen molar-refractivity contribution in [1.29, 1.82) is 0 Å². The molecule has 0 bridgehead atoms. The van der Waals surface area contributed by atoms with Gasteiger partial charge in [0, 0.05) is 65.8 Å². The summed E-state index contributed by atoms with van der Waals surface area (Å²) in [6.07, 6.45) is 3.48. The van der Waals surface area contributed by atoms with Crippen LogP contribution in [0.1, 0.15) is 47.4 Å². The van der Waals surface area contributed by atoms with Crippen molar-refractivity contribution in [2.45, 2.75) is 51.2 Å². The summed E-state index contributed by atoms with van der Waals surface area (Å²) in [5.41, 5.74) is 6.66. The van der Waals surface area contributed by atoms with E-state index in [0.717, 1.165) is 68.0 Å². The van der Waals surface area contributed by atoms with Crippen molar-refractivity contribution in [1.82, 2.24) is 25.5 Å². The van der Waals surface area contributed by atoms with Crippen LogP contribution in [0.25, 0.3) is 32.6 Å². The van der Waals surface area contributed by atoms with Crippen molar-refractivity contribution in [2.75, 3.05) is 26.7 Å². The van der Waals surface area contributed by atoms with E-state index in [9.17, 15) is 14.7 Å². The van der Waals surface area contributed by atoms with E-state index >= 15 is 0 Å². The van der Waals surface area contributed by atoms with E-state index in [1.54, 1.807) is 18.4 Å². The highest BCUT2D eigenvalue weighted by atomic mass is 35.5. The number of fused-ring (bicyclic) bond motifs is 1. The van der Waals surface area contributed by atoms with Gasteiger partial charge in [-0.1, -0.05) is 77.3 Å². The number of thiazole rings is 1. The molecule has 5 aromatic rings. The van der Waals surface area contributed by atoms with E-state index < -0.39 is 5.97 Å². The molecule has 2 aliphatic heterocycles. The molecule has 0 spiro atoms. The lowest BCUT2D eigenvalue weighted by Gasteiger charge is -2.29. The summed E-state index contributed by atoms with van der Waals surface area (Å²) >= 11 is 22.5. The minimum absolute atomic E-state index is 0.0960. The van der Waals surface area contributed by atoms with E-state index in [4.69, 9.17) is 49.5 Å². The molecule has 7 rings (SSSR count). The van der Waals surface area contributed by atoms with Crippen LogP contribution in [-0.4, -0.2) is 64.6 Å². The van der Waals surface area contributed by atoms with Gasteiger partial charge in [-0.25, -0.2) is 9.97 Å². The van der Waals surface area contributed by atoms with E-state index in [2.05, 4.69) is 15.5 Å². The highest BCUT2D eigenvalue weighted by molar-refractivity contribution is 7.18. The number of carbonyl (C=O) groups excluding carboxylic acids is 1. The molecule has 4 heterocycles. The molecule has 0 aliphatic carbocycles. The SMILES string of the molecule is COc1nc(-c2cccc(-c3cccc(Cc4cc(Cl)cc5sc(CN6CCC[C@H](C(=O)O)C6)nc45)c3Cl)c2Cl)ccc1CNC[C@@H]1CCC(=O)N1. The Morgan fingerprint density at radius 1 is 1.00 bits per heavy atom. The van der Waals surface area contributed by atoms with Crippen molar-refractivity contribution in [3.05, 3.63) is 97.4 Å². The number of hydrogen-bond acceptors (Lipinski definition) is 8. The fourth-order valence-electron chi connectivity index (χ4n) is 7.11. The van der Waals surface area contributed by atoms with Crippen LogP contribution in [0.3, 0.4) is 0 Å². The zero-order valence-corrected chi connectivity index (χ0v) is 31.6. The minimum atomic E-state index is -0.737. The number of pyridine rings is 1. The van der Waals surface area contributed by atoms with Crippen molar-refractivity contribution in [3.8, 4) is 28.3 Å². The number of carboxylic acids is 1. The van der Waals surface area contributed by atoms with Gasteiger partial charge in [-0.2, -0.15) is 0 Å². The maximum absolute atomic E-state index is 11.6. The summed E-state index contributed by atoms with van der Waals surface area (Å²) in [6.45, 7) is 3.21. The van der Waals surface area contributed by atoms with Crippen LogP contribution in [-0.2, 0) is 29.1 Å². The second-order valence-electron chi connectivity index (χ2n) is 13.4. The molecular weight excluding hydrogens is 741 g/mol. The number of nitrogens with one attached hydrogen (secondary N) is 2. The fraction of sp³-hybridized carbons (Fsp3) is 0.333.